The molecule has 4 heteroatoms. The Labute approximate surface area is 92.9 Å². The van der Waals surface area contributed by atoms with E-state index < -0.39 is 5.97 Å². The maximum absolute atomic E-state index is 10.9. The van der Waals surface area contributed by atoms with Gasteiger partial charge < -0.3 is 9.84 Å². The van der Waals surface area contributed by atoms with Crippen molar-refractivity contribution in [2.24, 2.45) is 0 Å². The van der Waals surface area contributed by atoms with Crippen LogP contribution in [0.5, 0.6) is 5.75 Å². The van der Waals surface area contributed by atoms with E-state index in [2.05, 4.69) is 0 Å². The summed E-state index contributed by atoms with van der Waals surface area (Å²) < 4.78 is 5.27. The van der Waals surface area contributed by atoms with Crippen LogP contribution in [0, 0.1) is 0 Å². The molecule has 0 aromatic heterocycles. The predicted octanol–water partition coefficient (Wildman–Crippen LogP) is 2.99. The molecule has 0 aliphatic heterocycles. The number of allylic oxidation sites excluding steroid dienone is 1. The quantitative estimate of drug-likeness (QED) is 0.803. The molecule has 0 atom stereocenters. The van der Waals surface area contributed by atoms with Gasteiger partial charge in [0.15, 0.2) is 0 Å². The number of benzene rings is 1. The van der Waals surface area contributed by atoms with Crippen LogP contribution in [0.2, 0.25) is 5.02 Å². The first kappa shape index (κ1) is 11.6. The second-order valence-corrected chi connectivity index (χ2v) is 3.26. The fraction of sp³-hybridized carbons (Fsp3) is 0.182. The van der Waals surface area contributed by atoms with Gasteiger partial charge in [0.1, 0.15) is 17.9 Å². The summed E-state index contributed by atoms with van der Waals surface area (Å²) in [6.07, 6.45) is 3.62. The Hall–Kier alpha value is -1.48. The highest BCUT2D eigenvalue weighted by molar-refractivity contribution is 6.31. The van der Waals surface area contributed by atoms with Gasteiger partial charge in [-0.2, -0.15) is 0 Å². The number of hydrogen-bond acceptors (Lipinski definition) is 2. The van der Waals surface area contributed by atoms with Crippen molar-refractivity contribution in [3.63, 3.8) is 0 Å². The molecule has 0 spiro atoms. The Morgan fingerprint density at radius 2 is 2.33 bits per heavy atom. The molecule has 0 bridgehead atoms. The van der Waals surface area contributed by atoms with Crippen LogP contribution < -0.4 is 4.74 Å². The number of hydrogen-bond donors (Lipinski definition) is 1. The van der Waals surface area contributed by atoms with E-state index in [9.17, 15) is 4.79 Å². The van der Waals surface area contributed by atoms with E-state index >= 15 is 0 Å². The van der Waals surface area contributed by atoms with Crippen LogP contribution in [0.4, 0.5) is 0 Å². The van der Waals surface area contributed by atoms with Crippen LogP contribution in [0.15, 0.2) is 30.4 Å². The second kappa shape index (κ2) is 5.41. The molecule has 0 saturated carbocycles. The minimum atomic E-state index is -1.05. The van der Waals surface area contributed by atoms with Crippen LogP contribution in [0.25, 0.3) is 0 Å². The molecule has 1 aromatic rings. The minimum absolute atomic E-state index is 0.0759. The standard InChI is InChI=1S/C11H11ClO3/c1-2-3-6-15-10-5-4-8(12)7-9(10)11(13)14/h2-5,7H,6H2,1H3,(H,13,14). The van der Waals surface area contributed by atoms with E-state index in [0.717, 1.165) is 0 Å². The monoisotopic (exact) mass is 226 g/mol. The zero-order valence-electron chi connectivity index (χ0n) is 8.24. The fourth-order valence-electron chi connectivity index (χ4n) is 1.03. The molecule has 3 nitrogen and oxygen atoms in total. The van der Waals surface area contributed by atoms with Crippen LogP contribution in [0.3, 0.4) is 0 Å². The lowest BCUT2D eigenvalue weighted by Gasteiger charge is -2.06. The van der Waals surface area contributed by atoms with Gasteiger partial charge in [-0.1, -0.05) is 23.8 Å². The van der Waals surface area contributed by atoms with Gasteiger partial charge in [-0.25, -0.2) is 4.79 Å². The third-order valence-electron chi connectivity index (χ3n) is 1.74. The number of halogens is 1. The van der Waals surface area contributed by atoms with Crippen molar-refractivity contribution < 1.29 is 14.6 Å². The highest BCUT2D eigenvalue weighted by atomic mass is 35.5. The van der Waals surface area contributed by atoms with Crippen molar-refractivity contribution in [3.05, 3.63) is 40.9 Å². The van der Waals surface area contributed by atoms with Crippen molar-refractivity contribution in [1.29, 1.82) is 0 Å². The molecular weight excluding hydrogens is 216 g/mol. The van der Waals surface area contributed by atoms with Gasteiger partial charge in [0.05, 0.1) is 0 Å². The average Bonchev–Trinajstić information content (AvgIpc) is 2.20. The number of ether oxygens (including phenoxy) is 1. The van der Waals surface area contributed by atoms with Crippen molar-refractivity contribution in [1.82, 2.24) is 0 Å². The first-order valence-corrected chi connectivity index (χ1v) is 4.79. The van der Waals surface area contributed by atoms with Gasteiger partial charge in [0.2, 0.25) is 0 Å². The lowest BCUT2D eigenvalue weighted by molar-refractivity contribution is 0.0693. The number of aromatic carboxylic acids is 1. The topological polar surface area (TPSA) is 46.5 Å². The Kier molecular flexibility index (Phi) is 4.18. The minimum Gasteiger partial charge on any atom is -0.489 e. The number of carboxylic acid groups (broad SMARTS) is 1. The average molecular weight is 227 g/mol. The van der Waals surface area contributed by atoms with Crippen molar-refractivity contribution in [3.8, 4) is 5.75 Å². The molecule has 0 heterocycles. The van der Waals surface area contributed by atoms with E-state index in [-0.39, 0.29) is 5.56 Å². The molecule has 1 aromatic carbocycles. The zero-order chi connectivity index (χ0) is 11.3. The van der Waals surface area contributed by atoms with Crippen LogP contribution in [-0.4, -0.2) is 17.7 Å². The molecule has 0 radical (unpaired) electrons. The van der Waals surface area contributed by atoms with E-state index in [4.69, 9.17) is 21.4 Å². The summed E-state index contributed by atoms with van der Waals surface area (Å²) >= 11 is 5.69. The van der Waals surface area contributed by atoms with Crippen LogP contribution >= 0.6 is 11.6 Å². The van der Waals surface area contributed by atoms with Crippen molar-refractivity contribution >= 4 is 17.6 Å². The van der Waals surface area contributed by atoms with Gasteiger partial charge in [-0.05, 0) is 25.1 Å². The summed E-state index contributed by atoms with van der Waals surface area (Å²) in [6.45, 7) is 2.21. The van der Waals surface area contributed by atoms with E-state index in [1.54, 1.807) is 18.2 Å². The molecular formula is C11H11ClO3. The van der Waals surface area contributed by atoms with Gasteiger partial charge in [-0.3, -0.25) is 0 Å². The number of carboxylic acids is 1. The molecule has 0 aliphatic carbocycles. The summed E-state index contributed by atoms with van der Waals surface area (Å²) in [5.41, 5.74) is 0.0759. The lowest BCUT2D eigenvalue weighted by atomic mass is 10.2. The number of carbonyl (C=O) groups is 1. The fourth-order valence-corrected chi connectivity index (χ4v) is 1.20. The number of rotatable bonds is 4. The molecule has 0 saturated heterocycles. The maximum atomic E-state index is 10.9. The normalized spacial score (nSPS) is 10.5. The largest absolute Gasteiger partial charge is 0.489 e. The highest BCUT2D eigenvalue weighted by Gasteiger charge is 2.11. The van der Waals surface area contributed by atoms with Crippen molar-refractivity contribution in [2.45, 2.75) is 6.92 Å². The molecule has 0 unspecified atom stereocenters. The first-order chi connectivity index (χ1) is 7.15. The predicted molar refractivity (Wildman–Crippen MR) is 58.7 cm³/mol. The first-order valence-electron chi connectivity index (χ1n) is 4.42. The molecule has 15 heavy (non-hydrogen) atoms. The summed E-state index contributed by atoms with van der Waals surface area (Å²) in [7, 11) is 0. The zero-order valence-corrected chi connectivity index (χ0v) is 8.99. The lowest BCUT2D eigenvalue weighted by Crippen LogP contribution is -2.03. The van der Waals surface area contributed by atoms with Gasteiger partial charge >= 0.3 is 5.97 Å². The summed E-state index contributed by atoms with van der Waals surface area (Å²) in [5.74, 6) is -0.724. The molecule has 80 valence electrons. The molecule has 0 fully saturated rings. The van der Waals surface area contributed by atoms with E-state index in [1.165, 1.54) is 6.07 Å². The third kappa shape index (κ3) is 3.29. The Bertz CT molecular complexity index is 385. The molecule has 1 N–H and O–H groups in total. The van der Waals surface area contributed by atoms with Crippen molar-refractivity contribution in [2.75, 3.05) is 6.61 Å². The van der Waals surface area contributed by atoms with Crippen LogP contribution in [0.1, 0.15) is 17.3 Å². The highest BCUT2D eigenvalue weighted by Crippen LogP contribution is 2.22. The molecule has 1 rings (SSSR count). The summed E-state index contributed by atoms with van der Waals surface area (Å²) in [4.78, 5) is 10.9. The van der Waals surface area contributed by atoms with E-state index in [1.807, 2.05) is 13.0 Å². The van der Waals surface area contributed by atoms with Gasteiger partial charge in [0.25, 0.3) is 0 Å². The maximum Gasteiger partial charge on any atom is 0.339 e. The van der Waals surface area contributed by atoms with Crippen LogP contribution in [-0.2, 0) is 0 Å². The summed E-state index contributed by atoms with van der Waals surface area (Å²) in [6, 6.07) is 4.52. The SMILES string of the molecule is CC=CCOc1ccc(Cl)cc1C(=O)O. The third-order valence-corrected chi connectivity index (χ3v) is 1.98. The summed E-state index contributed by atoms with van der Waals surface area (Å²) in [5, 5.41) is 9.27. The Balaban J connectivity index is 2.90. The van der Waals surface area contributed by atoms with E-state index in [0.29, 0.717) is 17.4 Å². The molecule has 0 amide bonds. The van der Waals surface area contributed by atoms with Gasteiger partial charge in [-0.15, -0.1) is 0 Å². The second-order valence-electron chi connectivity index (χ2n) is 2.83. The Morgan fingerprint density at radius 1 is 1.60 bits per heavy atom. The van der Waals surface area contributed by atoms with Gasteiger partial charge in [0, 0.05) is 5.02 Å². The Morgan fingerprint density at radius 3 is 2.93 bits per heavy atom. The molecule has 0 aliphatic rings. The smallest absolute Gasteiger partial charge is 0.339 e.